The maximum absolute atomic E-state index is 4.81. The molecule has 0 bridgehead atoms. The molecule has 25 heavy (non-hydrogen) atoms. The van der Waals surface area contributed by atoms with E-state index in [2.05, 4.69) is 59.3 Å². The van der Waals surface area contributed by atoms with Gasteiger partial charge in [0.1, 0.15) is 5.01 Å². The largest absolute Gasteiger partial charge is 0.299 e. The Morgan fingerprint density at radius 2 is 2.00 bits per heavy atom. The summed E-state index contributed by atoms with van der Waals surface area (Å²) >= 11 is 1.63. The number of rotatable bonds is 5. The second kappa shape index (κ2) is 7.06. The van der Waals surface area contributed by atoms with Crippen LogP contribution in [0.5, 0.6) is 0 Å². The lowest BCUT2D eigenvalue weighted by Gasteiger charge is -2.25. The van der Waals surface area contributed by atoms with E-state index in [1.54, 1.807) is 11.3 Å². The van der Waals surface area contributed by atoms with Crippen LogP contribution in [-0.2, 0) is 0 Å². The van der Waals surface area contributed by atoms with Crippen LogP contribution in [0.15, 0.2) is 30.3 Å². The van der Waals surface area contributed by atoms with Gasteiger partial charge in [-0.1, -0.05) is 60.6 Å². The van der Waals surface area contributed by atoms with Crippen LogP contribution >= 0.6 is 11.3 Å². The summed E-state index contributed by atoms with van der Waals surface area (Å²) in [4.78, 5) is 3.38. The number of benzene rings is 1. The van der Waals surface area contributed by atoms with E-state index >= 15 is 0 Å². The minimum Gasteiger partial charge on any atom is -0.299 e. The molecule has 0 saturated carbocycles. The highest BCUT2D eigenvalue weighted by Crippen LogP contribution is 2.28. The number of aromatic nitrogens is 4. The Labute approximate surface area is 152 Å². The quantitative estimate of drug-likeness (QED) is 0.694. The highest BCUT2D eigenvalue weighted by atomic mass is 32.1. The molecule has 1 aliphatic rings. The first-order valence-corrected chi connectivity index (χ1v) is 9.77. The van der Waals surface area contributed by atoms with Crippen LogP contribution in [0.25, 0.3) is 21.9 Å². The molecule has 0 fully saturated rings. The summed E-state index contributed by atoms with van der Waals surface area (Å²) in [7, 11) is 0. The molecular weight excluding hydrogens is 330 g/mol. The number of hydrogen-bond donors (Lipinski definition) is 0. The third kappa shape index (κ3) is 3.37. The molecule has 0 aliphatic carbocycles. The molecule has 0 unspecified atom stereocenters. The standard InChI is InChI=1S/C19H23N5S/c1-3-4-11-23-12-9-16(10-13-23)18-22-24-17(20-21-19(24)25-18)15-7-5-14(2)6-8-15/h5-9H,3-4,10-13H2,1-2H3. The highest BCUT2D eigenvalue weighted by Gasteiger charge is 2.18. The molecule has 0 atom stereocenters. The van der Waals surface area contributed by atoms with Crippen LogP contribution in [0, 0.1) is 6.92 Å². The van der Waals surface area contributed by atoms with Crippen molar-refractivity contribution in [3.05, 3.63) is 40.9 Å². The fourth-order valence-corrected chi connectivity index (χ4v) is 4.03. The monoisotopic (exact) mass is 353 g/mol. The maximum atomic E-state index is 4.81. The number of unbranched alkanes of at least 4 members (excludes halogenated alkanes) is 1. The zero-order chi connectivity index (χ0) is 17.2. The molecule has 3 aromatic rings. The minimum atomic E-state index is 0.818. The van der Waals surface area contributed by atoms with E-state index in [0.29, 0.717) is 0 Å². The van der Waals surface area contributed by atoms with Crippen molar-refractivity contribution in [1.82, 2.24) is 24.7 Å². The third-order valence-corrected chi connectivity index (χ3v) is 5.67. The van der Waals surface area contributed by atoms with Gasteiger partial charge >= 0.3 is 0 Å². The summed E-state index contributed by atoms with van der Waals surface area (Å²) in [5.74, 6) is 0.818. The van der Waals surface area contributed by atoms with Crippen LogP contribution in [0.1, 0.15) is 36.8 Å². The van der Waals surface area contributed by atoms with Crippen LogP contribution in [0.2, 0.25) is 0 Å². The van der Waals surface area contributed by atoms with Crippen LogP contribution < -0.4 is 0 Å². The van der Waals surface area contributed by atoms with E-state index in [1.807, 2.05) is 4.52 Å². The van der Waals surface area contributed by atoms with Gasteiger partial charge < -0.3 is 0 Å². The number of nitrogens with zero attached hydrogens (tertiary/aromatic N) is 5. The van der Waals surface area contributed by atoms with E-state index in [9.17, 15) is 0 Å². The SMILES string of the molecule is CCCCN1CC=C(c2nn3c(-c4ccc(C)cc4)nnc3s2)CC1. The smallest absolute Gasteiger partial charge is 0.235 e. The van der Waals surface area contributed by atoms with Gasteiger partial charge in [-0.25, -0.2) is 0 Å². The highest BCUT2D eigenvalue weighted by molar-refractivity contribution is 7.17. The Bertz CT molecular complexity index is 890. The van der Waals surface area contributed by atoms with Crippen molar-refractivity contribution >= 4 is 21.9 Å². The molecule has 5 nitrogen and oxygen atoms in total. The van der Waals surface area contributed by atoms with Crippen LogP contribution in [-0.4, -0.2) is 44.3 Å². The summed E-state index contributed by atoms with van der Waals surface area (Å²) in [6.45, 7) is 7.68. The lowest BCUT2D eigenvalue weighted by atomic mass is 10.1. The van der Waals surface area contributed by atoms with Gasteiger partial charge in [0, 0.05) is 18.7 Å². The van der Waals surface area contributed by atoms with Gasteiger partial charge in [-0.3, -0.25) is 4.90 Å². The minimum absolute atomic E-state index is 0.818. The molecule has 1 aliphatic heterocycles. The van der Waals surface area contributed by atoms with Crippen molar-refractivity contribution in [2.75, 3.05) is 19.6 Å². The van der Waals surface area contributed by atoms with Crippen molar-refractivity contribution in [1.29, 1.82) is 0 Å². The molecule has 1 aromatic carbocycles. The fraction of sp³-hybridized carbons (Fsp3) is 0.421. The fourth-order valence-electron chi connectivity index (χ4n) is 3.12. The molecule has 2 aromatic heterocycles. The van der Waals surface area contributed by atoms with Crippen molar-refractivity contribution in [3.63, 3.8) is 0 Å². The Morgan fingerprint density at radius 1 is 1.16 bits per heavy atom. The first kappa shape index (κ1) is 16.4. The number of aryl methyl sites for hydroxylation is 1. The van der Waals surface area contributed by atoms with Gasteiger partial charge in [0.2, 0.25) is 4.96 Å². The van der Waals surface area contributed by atoms with E-state index < -0.39 is 0 Å². The Hall–Kier alpha value is -2.05. The first-order valence-electron chi connectivity index (χ1n) is 8.95. The summed E-state index contributed by atoms with van der Waals surface area (Å²) in [5, 5.41) is 14.5. The topological polar surface area (TPSA) is 46.3 Å². The summed E-state index contributed by atoms with van der Waals surface area (Å²) in [6, 6.07) is 8.35. The lowest BCUT2D eigenvalue weighted by Crippen LogP contribution is -2.29. The van der Waals surface area contributed by atoms with Gasteiger partial charge in [-0.15, -0.1) is 10.2 Å². The van der Waals surface area contributed by atoms with Crippen LogP contribution in [0.3, 0.4) is 0 Å². The van der Waals surface area contributed by atoms with Gasteiger partial charge in [0.25, 0.3) is 0 Å². The summed E-state index contributed by atoms with van der Waals surface area (Å²) < 4.78 is 1.88. The van der Waals surface area contributed by atoms with Gasteiger partial charge in [-0.05, 0) is 31.9 Å². The van der Waals surface area contributed by atoms with Crippen molar-refractivity contribution in [2.45, 2.75) is 33.1 Å². The number of fused-ring (bicyclic) bond motifs is 1. The Kier molecular flexibility index (Phi) is 4.63. The Morgan fingerprint density at radius 3 is 2.72 bits per heavy atom. The zero-order valence-electron chi connectivity index (χ0n) is 14.8. The second-order valence-corrected chi connectivity index (χ2v) is 7.58. The van der Waals surface area contributed by atoms with Gasteiger partial charge in [0.05, 0.1) is 0 Å². The normalized spacial score (nSPS) is 15.7. The molecular formula is C19H23N5S. The molecule has 0 saturated heterocycles. The maximum Gasteiger partial charge on any atom is 0.235 e. The van der Waals surface area contributed by atoms with Crippen molar-refractivity contribution in [3.8, 4) is 11.4 Å². The Balaban J connectivity index is 1.58. The van der Waals surface area contributed by atoms with Crippen molar-refractivity contribution < 1.29 is 0 Å². The molecule has 4 rings (SSSR count). The molecule has 6 heteroatoms. The van der Waals surface area contributed by atoms with Crippen LogP contribution in [0.4, 0.5) is 0 Å². The molecule has 0 amide bonds. The second-order valence-electron chi connectivity index (χ2n) is 6.62. The van der Waals surface area contributed by atoms with E-state index in [4.69, 9.17) is 5.10 Å². The molecule has 0 radical (unpaired) electrons. The van der Waals surface area contributed by atoms with Gasteiger partial charge in [0.15, 0.2) is 5.82 Å². The van der Waals surface area contributed by atoms with Crippen molar-refractivity contribution in [2.24, 2.45) is 0 Å². The summed E-state index contributed by atoms with van der Waals surface area (Å²) in [6.07, 6.45) is 5.93. The molecule has 0 N–H and O–H groups in total. The first-order chi connectivity index (χ1) is 12.2. The summed E-state index contributed by atoms with van der Waals surface area (Å²) in [5.41, 5.74) is 3.64. The zero-order valence-corrected chi connectivity index (χ0v) is 15.6. The average Bonchev–Trinajstić information content (AvgIpc) is 3.22. The predicted octanol–water partition coefficient (Wildman–Crippen LogP) is 4.05. The van der Waals surface area contributed by atoms with E-state index in [0.717, 1.165) is 40.9 Å². The molecule has 130 valence electrons. The van der Waals surface area contributed by atoms with E-state index in [-0.39, 0.29) is 0 Å². The third-order valence-electron chi connectivity index (χ3n) is 4.70. The molecule has 3 heterocycles. The number of hydrogen-bond acceptors (Lipinski definition) is 5. The average molecular weight is 353 g/mol. The molecule has 0 spiro atoms. The lowest BCUT2D eigenvalue weighted by molar-refractivity contribution is 0.297. The van der Waals surface area contributed by atoms with Gasteiger partial charge in [-0.2, -0.15) is 9.61 Å². The predicted molar refractivity (Wildman–Crippen MR) is 103 cm³/mol. The van der Waals surface area contributed by atoms with E-state index in [1.165, 1.54) is 30.5 Å².